The maximum Gasteiger partial charge on any atom is -0.0132 e. The zero-order valence-electron chi connectivity index (χ0n) is 9.67. The van der Waals surface area contributed by atoms with Gasteiger partial charge in [0.1, 0.15) is 0 Å². The van der Waals surface area contributed by atoms with E-state index in [0.717, 1.165) is 6.42 Å². The van der Waals surface area contributed by atoms with Gasteiger partial charge in [-0.05, 0) is 23.0 Å². The standard InChI is InChI=1S/C14H20/c1-5-6-8-12-9-7-10-13(11-12)14(2,3)4/h6-11H,5H2,1-4H3. The molecule has 0 heterocycles. The van der Waals surface area contributed by atoms with Gasteiger partial charge in [-0.25, -0.2) is 0 Å². The number of hydrogen-bond acceptors (Lipinski definition) is 0. The fraction of sp³-hybridized carbons (Fsp3) is 0.429. The third-order valence-electron chi connectivity index (χ3n) is 2.30. The molecule has 0 heteroatoms. The molecule has 0 aliphatic heterocycles. The fourth-order valence-electron chi connectivity index (χ4n) is 1.36. The van der Waals surface area contributed by atoms with Crippen LogP contribution in [0, 0.1) is 0 Å². The highest BCUT2D eigenvalue weighted by molar-refractivity contribution is 5.51. The second kappa shape index (κ2) is 4.45. The van der Waals surface area contributed by atoms with Crippen LogP contribution >= 0.6 is 0 Å². The van der Waals surface area contributed by atoms with Gasteiger partial charge in [-0.15, -0.1) is 0 Å². The van der Waals surface area contributed by atoms with E-state index in [2.05, 4.69) is 64.1 Å². The summed E-state index contributed by atoms with van der Waals surface area (Å²) in [5.74, 6) is 0. The number of benzene rings is 1. The molecule has 0 fully saturated rings. The zero-order chi connectivity index (χ0) is 10.6. The highest BCUT2D eigenvalue weighted by Gasteiger charge is 2.12. The highest BCUT2D eigenvalue weighted by Crippen LogP contribution is 2.23. The van der Waals surface area contributed by atoms with Crippen molar-refractivity contribution in [1.82, 2.24) is 0 Å². The van der Waals surface area contributed by atoms with E-state index in [1.165, 1.54) is 11.1 Å². The first-order valence-electron chi connectivity index (χ1n) is 5.31. The normalized spacial score (nSPS) is 12.3. The maximum atomic E-state index is 2.27. The molecule has 0 aliphatic carbocycles. The molecule has 0 nitrogen and oxygen atoms in total. The predicted molar refractivity (Wildman–Crippen MR) is 64.5 cm³/mol. The van der Waals surface area contributed by atoms with Crippen LogP contribution in [0.25, 0.3) is 6.08 Å². The first-order valence-corrected chi connectivity index (χ1v) is 5.31. The molecule has 0 radical (unpaired) electrons. The third kappa shape index (κ3) is 3.02. The summed E-state index contributed by atoms with van der Waals surface area (Å²) in [5.41, 5.74) is 2.95. The van der Waals surface area contributed by atoms with E-state index in [1.807, 2.05) is 0 Å². The van der Waals surface area contributed by atoms with Crippen LogP contribution in [-0.4, -0.2) is 0 Å². The Morgan fingerprint density at radius 1 is 1.21 bits per heavy atom. The number of allylic oxidation sites excluding steroid dienone is 1. The molecule has 0 N–H and O–H groups in total. The summed E-state index contributed by atoms with van der Waals surface area (Å²) in [7, 11) is 0. The van der Waals surface area contributed by atoms with Gasteiger partial charge < -0.3 is 0 Å². The van der Waals surface area contributed by atoms with Gasteiger partial charge in [0, 0.05) is 0 Å². The highest BCUT2D eigenvalue weighted by atomic mass is 14.2. The van der Waals surface area contributed by atoms with Crippen LogP contribution in [0.2, 0.25) is 0 Å². The monoisotopic (exact) mass is 188 g/mol. The van der Waals surface area contributed by atoms with Crippen LogP contribution in [0.15, 0.2) is 30.3 Å². The van der Waals surface area contributed by atoms with Gasteiger partial charge in [-0.1, -0.05) is 64.1 Å². The predicted octanol–water partition coefficient (Wildman–Crippen LogP) is 4.41. The maximum absolute atomic E-state index is 2.27. The van der Waals surface area contributed by atoms with E-state index in [-0.39, 0.29) is 5.41 Å². The van der Waals surface area contributed by atoms with Crippen molar-refractivity contribution in [2.45, 2.75) is 39.5 Å². The summed E-state index contributed by atoms with van der Waals surface area (Å²) >= 11 is 0. The number of hydrogen-bond donors (Lipinski definition) is 0. The van der Waals surface area contributed by atoms with Gasteiger partial charge in [-0.3, -0.25) is 0 Å². The smallest absolute Gasteiger partial charge is 0.0132 e. The SMILES string of the molecule is CCC=Cc1cccc(C(C)(C)C)c1. The van der Waals surface area contributed by atoms with Crippen molar-refractivity contribution in [2.24, 2.45) is 0 Å². The average molecular weight is 188 g/mol. The largest absolute Gasteiger partial charge is 0.0842 e. The second-order valence-corrected chi connectivity index (χ2v) is 4.69. The first kappa shape index (κ1) is 11.0. The molecule has 14 heavy (non-hydrogen) atoms. The van der Waals surface area contributed by atoms with E-state index < -0.39 is 0 Å². The Morgan fingerprint density at radius 3 is 2.50 bits per heavy atom. The van der Waals surface area contributed by atoms with Crippen LogP contribution in [0.5, 0.6) is 0 Å². The Morgan fingerprint density at radius 2 is 1.93 bits per heavy atom. The molecule has 0 spiro atoms. The molecule has 0 aliphatic rings. The van der Waals surface area contributed by atoms with Crippen LogP contribution < -0.4 is 0 Å². The van der Waals surface area contributed by atoms with Crippen molar-refractivity contribution in [3.05, 3.63) is 41.5 Å². The quantitative estimate of drug-likeness (QED) is 0.645. The minimum absolute atomic E-state index is 0.246. The lowest BCUT2D eigenvalue weighted by Gasteiger charge is -2.19. The first-order chi connectivity index (χ1) is 6.54. The van der Waals surface area contributed by atoms with Crippen LogP contribution in [0.1, 0.15) is 45.2 Å². The van der Waals surface area contributed by atoms with Gasteiger partial charge in [0.25, 0.3) is 0 Å². The van der Waals surface area contributed by atoms with Crippen molar-refractivity contribution in [2.75, 3.05) is 0 Å². The Balaban J connectivity index is 2.96. The van der Waals surface area contributed by atoms with Crippen molar-refractivity contribution in [3.8, 4) is 0 Å². The summed E-state index contributed by atoms with van der Waals surface area (Å²) in [6.45, 7) is 8.89. The molecular weight excluding hydrogens is 168 g/mol. The van der Waals surface area contributed by atoms with Gasteiger partial charge in [0.15, 0.2) is 0 Å². The molecule has 1 aromatic carbocycles. The molecule has 76 valence electrons. The minimum atomic E-state index is 0.246. The molecule has 1 rings (SSSR count). The van der Waals surface area contributed by atoms with Crippen molar-refractivity contribution in [1.29, 1.82) is 0 Å². The fourth-order valence-corrected chi connectivity index (χ4v) is 1.36. The van der Waals surface area contributed by atoms with Gasteiger partial charge in [-0.2, -0.15) is 0 Å². The van der Waals surface area contributed by atoms with E-state index in [1.54, 1.807) is 0 Å². The van der Waals surface area contributed by atoms with Gasteiger partial charge >= 0.3 is 0 Å². The minimum Gasteiger partial charge on any atom is -0.0842 e. The molecule has 0 unspecified atom stereocenters. The molecular formula is C14H20. The van der Waals surface area contributed by atoms with E-state index >= 15 is 0 Å². The van der Waals surface area contributed by atoms with Crippen LogP contribution in [-0.2, 0) is 5.41 Å². The summed E-state index contributed by atoms with van der Waals surface area (Å²) in [4.78, 5) is 0. The molecule has 0 amide bonds. The Bertz CT molecular complexity index is 313. The van der Waals surface area contributed by atoms with Crippen molar-refractivity contribution >= 4 is 6.08 Å². The zero-order valence-corrected chi connectivity index (χ0v) is 9.67. The summed E-state index contributed by atoms with van der Waals surface area (Å²) in [6, 6.07) is 8.76. The Kier molecular flexibility index (Phi) is 3.51. The second-order valence-electron chi connectivity index (χ2n) is 4.69. The average Bonchev–Trinajstić information content (AvgIpc) is 2.14. The van der Waals surface area contributed by atoms with Crippen LogP contribution in [0.3, 0.4) is 0 Å². The Labute approximate surface area is 87.7 Å². The lowest BCUT2D eigenvalue weighted by molar-refractivity contribution is 0.590. The summed E-state index contributed by atoms with van der Waals surface area (Å²) < 4.78 is 0. The van der Waals surface area contributed by atoms with Crippen molar-refractivity contribution in [3.63, 3.8) is 0 Å². The molecule has 0 aromatic heterocycles. The van der Waals surface area contributed by atoms with Gasteiger partial charge in [0.2, 0.25) is 0 Å². The summed E-state index contributed by atoms with van der Waals surface area (Å²) in [5, 5.41) is 0. The number of rotatable bonds is 2. The topological polar surface area (TPSA) is 0 Å². The molecule has 0 saturated carbocycles. The Hall–Kier alpha value is -1.04. The third-order valence-corrected chi connectivity index (χ3v) is 2.30. The molecule has 0 bridgehead atoms. The molecule has 0 atom stereocenters. The van der Waals surface area contributed by atoms with Crippen molar-refractivity contribution < 1.29 is 0 Å². The molecule has 0 saturated heterocycles. The van der Waals surface area contributed by atoms with E-state index in [4.69, 9.17) is 0 Å². The lowest BCUT2D eigenvalue weighted by Crippen LogP contribution is -2.10. The summed E-state index contributed by atoms with van der Waals surface area (Å²) in [6.07, 6.45) is 5.48. The van der Waals surface area contributed by atoms with Crippen LogP contribution in [0.4, 0.5) is 0 Å². The lowest BCUT2D eigenvalue weighted by atomic mass is 9.86. The molecule has 1 aromatic rings. The van der Waals surface area contributed by atoms with Gasteiger partial charge in [0.05, 0.1) is 0 Å². The van der Waals surface area contributed by atoms with E-state index in [9.17, 15) is 0 Å². The van der Waals surface area contributed by atoms with E-state index in [0.29, 0.717) is 0 Å².